The number of halogens is 1. The summed E-state index contributed by atoms with van der Waals surface area (Å²) in [6.07, 6.45) is 3.91. The van der Waals surface area contributed by atoms with Crippen LogP contribution in [0.2, 0.25) is 5.02 Å². The summed E-state index contributed by atoms with van der Waals surface area (Å²) < 4.78 is 0. The van der Waals surface area contributed by atoms with Crippen LogP contribution in [0.4, 0.5) is 5.82 Å². The molecule has 1 aromatic heterocycles. The Labute approximate surface area is 99.4 Å². The smallest absolute Gasteiger partial charge is 0.255 e. The van der Waals surface area contributed by atoms with Crippen LogP contribution in [0.25, 0.3) is 0 Å². The molecule has 1 aromatic rings. The molecule has 0 radical (unpaired) electrons. The fraction of sp³-hybridized carbons (Fsp3) is 0.455. The zero-order valence-corrected chi connectivity index (χ0v) is 9.87. The number of aromatic nitrogens is 1. The Balaban J connectivity index is 2.09. The molecule has 1 heterocycles. The Hall–Kier alpha value is -1.29. The molecular formula is C11H14ClN3O. The third kappa shape index (κ3) is 2.44. The van der Waals surface area contributed by atoms with E-state index in [9.17, 15) is 4.79 Å². The van der Waals surface area contributed by atoms with Crippen molar-refractivity contribution in [3.05, 3.63) is 22.8 Å². The SMILES string of the molecule is CN(CC1CC1)C(=O)c1cnc(N)c(Cl)c1. The number of rotatable bonds is 3. The molecule has 0 aromatic carbocycles. The van der Waals surface area contributed by atoms with Crippen LogP contribution in [-0.4, -0.2) is 29.4 Å². The van der Waals surface area contributed by atoms with Crippen molar-refractivity contribution in [3.63, 3.8) is 0 Å². The second kappa shape index (κ2) is 4.29. The van der Waals surface area contributed by atoms with Gasteiger partial charge in [-0.05, 0) is 24.8 Å². The first-order valence-electron chi connectivity index (χ1n) is 5.24. The summed E-state index contributed by atoms with van der Waals surface area (Å²) >= 11 is 5.82. The average molecular weight is 240 g/mol. The number of carbonyl (C=O) groups excluding carboxylic acids is 1. The fourth-order valence-corrected chi connectivity index (χ4v) is 1.72. The highest BCUT2D eigenvalue weighted by Gasteiger charge is 2.25. The zero-order valence-electron chi connectivity index (χ0n) is 9.11. The van der Waals surface area contributed by atoms with Crippen LogP contribution < -0.4 is 5.73 Å². The lowest BCUT2D eigenvalue weighted by Gasteiger charge is -2.16. The molecule has 0 spiro atoms. The lowest BCUT2D eigenvalue weighted by Crippen LogP contribution is -2.28. The first-order chi connectivity index (χ1) is 7.58. The van der Waals surface area contributed by atoms with E-state index in [2.05, 4.69) is 4.98 Å². The van der Waals surface area contributed by atoms with E-state index < -0.39 is 0 Å². The fourth-order valence-electron chi connectivity index (χ4n) is 1.56. The molecule has 1 saturated carbocycles. The van der Waals surface area contributed by atoms with Gasteiger partial charge in [0.2, 0.25) is 0 Å². The van der Waals surface area contributed by atoms with Crippen molar-refractivity contribution in [1.29, 1.82) is 0 Å². The van der Waals surface area contributed by atoms with Gasteiger partial charge < -0.3 is 10.6 Å². The minimum absolute atomic E-state index is 0.0544. The number of carbonyl (C=O) groups is 1. The molecule has 4 nitrogen and oxygen atoms in total. The summed E-state index contributed by atoms with van der Waals surface area (Å²) in [7, 11) is 1.80. The van der Waals surface area contributed by atoms with Crippen molar-refractivity contribution in [1.82, 2.24) is 9.88 Å². The molecule has 0 unspecified atom stereocenters. The zero-order chi connectivity index (χ0) is 11.7. The van der Waals surface area contributed by atoms with Crippen LogP contribution in [-0.2, 0) is 0 Å². The number of nitrogens with zero attached hydrogens (tertiary/aromatic N) is 2. The van der Waals surface area contributed by atoms with Crippen molar-refractivity contribution in [2.75, 3.05) is 19.3 Å². The van der Waals surface area contributed by atoms with Gasteiger partial charge in [0.1, 0.15) is 5.82 Å². The first-order valence-corrected chi connectivity index (χ1v) is 5.62. The van der Waals surface area contributed by atoms with E-state index in [-0.39, 0.29) is 11.7 Å². The number of hydrogen-bond acceptors (Lipinski definition) is 3. The van der Waals surface area contributed by atoms with E-state index in [1.165, 1.54) is 19.0 Å². The highest BCUT2D eigenvalue weighted by atomic mass is 35.5. The largest absolute Gasteiger partial charge is 0.382 e. The molecule has 16 heavy (non-hydrogen) atoms. The minimum Gasteiger partial charge on any atom is -0.382 e. The molecule has 1 fully saturated rings. The van der Waals surface area contributed by atoms with Crippen molar-refractivity contribution >= 4 is 23.3 Å². The third-order valence-corrected chi connectivity index (χ3v) is 3.00. The van der Waals surface area contributed by atoms with E-state index in [1.54, 1.807) is 18.0 Å². The van der Waals surface area contributed by atoms with Gasteiger partial charge in [-0.15, -0.1) is 0 Å². The van der Waals surface area contributed by atoms with Gasteiger partial charge in [0.05, 0.1) is 10.6 Å². The van der Waals surface area contributed by atoms with E-state index in [0.29, 0.717) is 16.5 Å². The topological polar surface area (TPSA) is 59.2 Å². The van der Waals surface area contributed by atoms with Gasteiger partial charge in [0, 0.05) is 19.8 Å². The number of hydrogen-bond donors (Lipinski definition) is 1. The summed E-state index contributed by atoms with van der Waals surface area (Å²) in [6, 6.07) is 1.57. The Kier molecular flexibility index (Phi) is 3.01. The molecule has 1 aliphatic rings. The maximum atomic E-state index is 12.0. The molecule has 0 aliphatic heterocycles. The second-order valence-corrected chi connectivity index (χ2v) is 4.63. The normalized spacial score (nSPS) is 14.9. The van der Waals surface area contributed by atoms with E-state index in [4.69, 9.17) is 17.3 Å². The summed E-state index contributed by atoms with van der Waals surface area (Å²) in [6.45, 7) is 0.806. The van der Waals surface area contributed by atoms with Gasteiger partial charge in [0.15, 0.2) is 0 Å². The summed E-state index contributed by atoms with van der Waals surface area (Å²) in [5.41, 5.74) is 5.98. The Morgan fingerprint density at radius 3 is 2.94 bits per heavy atom. The third-order valence-electron chi connectivity index (χ3n) is 2.69. The minimum atomic E-state index is -0.0544. The van der Waals surface area contributed by atoms with Crippen molar-refractivity contribution in [2.24, 2.45) is 5.92 Å². The monoisotopic (exact) mass is 239 g/mol. The number of nitrogen functional groups attached to an aromatic ring is 1. The quantitative estimate of drug-likeness (QED) is 0.875. The average Bonchev–Trinajstić information content (AvgIpc) is 3.05. The summed E-state index contributed by atoms with van der Waals surface area (Å²) in [5.74, 6) is 0.871. The van der Waals surface area contributed by atoms with Crippen molar-refractivity contribution in [2.45, 2.75) is 12.8 Å². The van der Waals surface area contributed by atoms with Crippen LogP contribution in [0.3, 0.4) is 0 Å². The number of nitrogens with two attached hydrogens (primary N) is 1. The van der Waals surface area contributed by atoms with E-state index >= 15 is 0 Å². The molecule has 0 atom stereocenters. The Morgan fingerprint density at radius 2 is 2.38 bits per heavy atom. The van der Waals surface area contributed by atoms with E-state index in [0.717, 1.165) is 6.54 Å². The molecule has 0 bridgehead atoms. The van der Waals surface area contributed by atoms with Crippen LogP contribution >= 0.6 is 11.6 Å². The maximum Gasteiger partial charge on any atom is 0.255 e. The number of pyridine rings is 1. The molecular weight excluding hydrogens is 226 g/mol. The lowest BCUT2D eigenvalue weighted by molar-refractivity contribution is 0.0788. The van der Waals surface area contributed by atoms with Crippen LogP contribution in [0.1, 0.15) is 23.2 Å². The lowest BCUT2D eigenvalue weighted by atomic mass is 10.2. The van der Waals surface area contributed by atoms with Crippen molar-refractivity contribution < 1.29 is 4.79 Å². The molecule has 1 amide bonds. The molecule has 2 rings (SSSR count). The van der Waals surface area contributed by atoms with Gasteiger partial charge >= 0.3 is 0 Å². The van der Waals surface area contributed by atoms with Gasteiger partial charge in [-0.3, -0.25) is 4.79 Å². The number of amides is 1. The molecule has 86 valence electrons. The van der Waals surface area contributed by atoms with Gasteiger partial charge in [-0.2, -0.15) is 0 Å². The highest BCUT2D eigenvalue weighted by Crippen LogP contribution is 2.29. The van der Waals surface area contributed by atoms with Crippen LogP contribution in [0, 0.1) is 5.92 Å². The Morgan fingerprint density at radius 1 is 1.69 bits per heavy atom. The van der Waals surface area contributed by atoms with Gasteiger partial charge in [-0.1, -0.05) is 11.6 Å². The van der Waals surface area contributed by atoms with Gasteiger partial charge in [-0.25, -0.2) is 4.98 Å². The number of anilines is 1. The standard InChI is InChI=1S/C11H14ClN3O/c1-15(6-7-2-3-7)11(16)8-4-9(12)10(13)14-5-8/h4-5,7H,2-3,6H2,1H3,(H2,13,14). The molecule has 5 heteroatoms. The maximum absolute atomic E-state index is 12.0. The second-order valence-electron chi connectivity index (χ2n) is 4.22. The van der Waals surface area contributed by atoms with Crippen molar-refractivity contribution in [3.8, 4) is 0 Å². The molecule has 1 aliphatic carbocycles. The molecule has 0 saturated heterocycles. The van der Waals surface area contributed by atoms with Crippen LogP contribution in [0.5, 0.6) is 0 Å². The summed E-state index contributed by atoms with van der Waals surface area (Å²) in [5, 5.41) is 0.325. The molecule has 2 N–H and O–H groups in total. The summed E-state index contributed by atoms with van der Waals surface area (Å²) in [4.78, 5) is 17.5. The van der Waals surface area contributed by atoms with Gasteiger partial charge in [0.25, 0.3) is 5.91 Å². The highest BCUT2D eigenvalue weighted by molar-refractivity contribution is 6.33. The Bertz CT molecular complexity index is 418. The first kappa shape index (κ1) is 11.2. The predicted molar refractivity (Wildman–Crippen MR) is 63.3 cm³/mol. The van der Waals surface area contributed by atoms with Crippen LogP contribution in [0.15, 0.2) is 12.3 Å². The predicted octanol–water partition coefficient (Wildman–Crippen LogP) is 1.80. The van der Waals surface area contributed by atoms with E-state index in [1.807, 2.05) is 0 Å².